The SMILES string of the molecule is NC(=O)c1cc2c(Oc3ccc(NC=O)cc3F)ccnc2cc1OCCCCCNC(=O)CSC=O. The van der Waals surface area contributed by atoms with E-state index < -0.39 is 11.7 Å². The number of rotatable bonds is 15. The summed E-state index contributed by atoms with van der Waals surface area (Å²) >= 11 is 0.901. The number of carbonyl (C=O) groups excluding carboxylic acids is 4. The number of nitrogens with two attached hydrogens (primary N) is 1. The molecule has 0 saturated heterocycles. The van der Waals surface area contributed by atoms with Gasteiger partial charge in [-0.15, -0.1) is 0 Å². The second kappa shape index (κ2) is 13.8. The first-order chi connectivity index (χ1) is 17.9. The Kier molecular flexibility index (Phi) is 10.2. The highest BCUT2D eigenvalue weighted by molar-refractivity contribution is 8.12. The molecule has 4 N–H and O–H groups in total. The van der Waals surface area contributed by atoms with Crippen molar-refractivity contribution in [3.63, 3.8) is 0 Å². The summed E-state index contributed by atoms with van der Waals surface area (Å²) < 4.78 is 26.0. The van der Waals surface area contributed by atoms with Crippen LogP contribution in [0.25, 0.3) is 10.9 Å². The number of fused-ring (bicyclic) bond motifs is 1. The molecule has 0 unspecified atom stereocenters. The molecule has 0 fully saturated rings. The number of primary amides is 1. The summed E-state index contributed by atoms with van der Waals surface area (Å²) in [5, 5.41) is 5.51. The maximum Gasteiger partial charge on any atom is 0.252 e. The van der Waals surface area contributed by atoms with Crippen LogP contribution in [0.2, 0.25) is 0 Å². The number of anilines is 1. The lowest BCUT2D eigenvalue weighted by Gasteiger charge is -2.14. The lowest BCUT2D eigenvalue weighted by atomic mass is 10.1. The van der Waals surface area contributed by atoms with E-state index in [-0.39, 0.29) is 40.2 Å². The van der Waals surface area contributed by atoms with Crippen molar-refractivity contribution in [2.24, 2.45) is 5.73 Å². The Morgan fingerprint density at radius 3 is 2.62 bits per heavy atom. The molecular weight excluding hydrogens is 503 g/mol. The zero-order chi connectivity index (χ0) is 26.6. The summed E-state index contributed by atoms with van der Waals surface area (Å²) in [6, 6.07) is 8.56. The molecule has 3 aromatic rings. The van der Waals surface area contributed by atoms with Crippen LogP contribution in [0.5, 0.6) is 17.2 Å². The third-order valence-electron chi connectivity index (χ3n) is 5.13. The van der Waals surface area contributed by atoms with Crippen molar-refractivity contribution in [2.45, 2.75) is 19.3 Å². The standard InChI is InChI=1S/C25H25FN4O6S/c26-19-10-16(30-14-31)4-5-22(19)36-21-6-8-28-20-12-23(18(25(27)34)11-17(20)21)35-9-3-1-2-7-29-24(33)13-37-15-32/h4-6,8,10-12,14-15H,1-3,7,9,13H2,(H2,27,34)(H,29,33)(H,30,31). The Morgan fingerprint density at radius 2 is 1.89 bits per heavy atom. The van der Waals surface area contributed by atoms with E-state index in [0.717, 1.165) is 30.7 Å². The molecule has 3 amide bonds. The summed E-state index contributed by atoms with van der Waals surface area (Å²) in [6.45, 7) is 0.799. The molecule has 0 aliphatic carbocycles. The second-order valence-electron chi connectivity index (χ2n) is 7.71. The smallest absolute Gasteiger partial charge is 0.252 e. The van der Waals surface area contributed by atoms with Gasteiger partial charge in [-0.05, 0) is 43.5 Å². The summed E-state index contributed by atoms with van der Waals surface area (Å²) in [5.41, 5.74) is 7.04. The molecule has 0 atom stereocenters. The Hall–Kier alpha value is -4.19. The first-order valence-corrected chi connectivity index (χ1v) is 12.3. The van der Waals surface area contributed by atoms with E-state index in [4.69, 9.17) is 15.2 Å². The number of benzene rings is 2. The van der Waals surface area contributed by atoms with Crippen LogP contribution < -0.4 is 25.8 Å². The zero-order valence-electron chi connectivity index (χ0n) is 19.7. The number of nitrogens with one attached hydrogen (secondary N) is 2. The lowest BCUT2D eigenvalue weighted by molar-refractivity contribution is -0.118. The quantitative estimate of drug-likeness (QED) is 0.201. The maximum atomic E-state index is 14.4. The highest BCUT2D eigenvalue weighted by Gasteiger charge is 2.16. The van der Waals surface area contributed by atoms with Crippen LogP contribution >= 0.6 is 11.8 Å². The molecule has 0 bridgehead atoms. The van der Waals surface area contributed by atoms with Gasteiger partial charge in [-0.3, -0.25) is 24.2 Å². The number of pyridine rings is 1. The molecule has 0 saturated carbocycles. The topological polar surface area (TPSA) is 150 Å². The number of hydrogen-bond donors (Lipinski definition) is 3. The fourth-order valence-corrected chi connectivity index (χ4v) is 3.71. The highest BCUT2D eigenvalue weighted by atomic mass is 32.2. The summed E-state index contributed by atoms with van der Waals surface area (Å²) in [4.78, 5) is 48.7. The number of halogens is 1. The molecule has 10 nitrogen and oxygen atoms in total. The Morgan fingerprint density at radius 1 is 1.05 bits per heavy atom. The predicted molar refractivity (Wildman–Crippen MR) is 138 cm³/mol. The summed E-state index contributed by atoms with van der Waals surface area (Å²) in [7, 11) is 0. The third-order valence-corrected chi connectivity index (χ3v) is 5.69. The van der Waals surface area contributed by atoms with Crippen LogP contribution in [0.1, 0.15) is 29.6 Å². The van der Waals surface area contributed by atoms with Crippen molar-refractivity contribution < 1.29 is 33.0 Å². The van der Waals surface area contributed by atoms with Crippen molar-refractivity contribution in [3.8, 4) is 17.2 Å². The van der Waals surface area contributed by atoms with Crippen molar-refractivity contribution in [1.82, 2.24) is 10.3 Å². The molecule has 0 spiro atoms. The highest BCUT2D eigenvalue weighted by Crippen LogP contribution is 2.34. The number of nitrogens with zero attached hydrogens (tertiary/aromatic N) is 1. The Bertz CT molecular complexity index is 1290. The summed E-state index contributed by atoms with van der Waals surface area (Å²) in [6.07, 6.45) is 4.08. The number of carbonyl (C=O) groups is 4. The monoisotopic (exact) mass is 528 g/mol. The van der Waals surface area contributed by atoms with Gasteiger partial charge in [-0.2, -0.15) is 0 Å². The average molecular weight is 529 g/mol. The largest absolute Gasteiger partial charge is 0.493 e. The van der Waals surface area contributed by atoms with E-state index in [0.29, 0.717) is 42.5 Å². The van der Waals surface area contributed by atoms with E-state index >= 15 is 0 Å². The van der Waals surface area contributed by atoms with Crippen molar-refractivity contribution in [3.05, 3.63) is 54.0 Å². The fourth-order valence-electron chi connectivity index (χ4n) is 3.38. The van der Waals surface area contributed by atoms with E-state index in [9.17, 15) is 23.6 Å². The van der Waals surface area contributed by atoms with E-state index in [1.165, 1.54) is 30.5 Å². The van der Waals surface area contributed by atoms with Crippen LogP contribution in [0.3, 0.4) is 0 Å². The minimum absolute atomic E-state index is 0.0800. The lowest BCUT2D eigenvalue weighted by Crippen LogP contribution is -2.26. The molecule has 2 aromatic carbocycles. The molecule has 0 aliphatic rings. The van der Waals surface area contributed by atoms with Crippen molar-refractivity contribution in [2.75, 3.05) is 24.2 Å². The molecule has 1 heterocycles. The normalized spacial score (nSPS) is 10.5. The van der Waals surface area contributed by atoms with Crippen LogP contribution in [0.15, 0.2) is 42.6 Å². The third kappa shape index (κ3) is 7.90. The molecular formula is C25H25FN4O6S. The number of unbranched alkanes of at least 4 members (excludes halogenated alkanes) is 2. The van der Waals surface area contributed by atoms with Gasteiger partial charge in [0.1, 0.15) is 11.5 Å². The van der Waals surface area contributed by atoms with Gasteiger partial charge in [-0.1, -0.05) is 11.8 Å². The van der Waals surface area contributed by atoms with Crippen molar-refractivity contribution >= 4 is 52.2 Å². The van der Waals surface area contributed by atoms with E-state index in [1.54, 1.807) is 6.07 Å². The minimum atomic E-state index is -0.710. The summed E-state index contributed by atoms with van der Waals surface area (Å²) in [5.74, 6) is -1.05. The molecule has 194 valence electrons. The molecule has 0 aliphatic heterocycles. The number of amides is 3. The molecule has 12 heteroatoms. The van der Waals surface area contributed by atoms with Gasteiger partial charge < -0.3 is 25.8 Å². The number of hydrogen-bond acceptors (Lipinski definition) is 8. The van der Waals surface area contributed by atoms with Gasteiger partial charge in [0, 0.05) is 35.9 Å². The van der Waals surface area contributed by atoms with Crippen LogP contribution in [0.4, 0.5) is 10.1 Å². The van der Waals surface area contributed by atoms with E-state index in [2.05, 4.69) is 15.6 Å². The van der Waals surface area contributed by atoms with E-state index in [1.807, 2.05) is 0 Å². The Balaban J connectivity index is 1.66. The van der Waals surface area contributed by atoms with Gasteiger partial charge >= 0.3 is 0 Å². The molecule has 3 rings (SSSR count). The predicted octanol–water partition coefficient (Wildman–Crippen LogP) is 3.42. The van der Waals surface area contributed by atoms with Gasteiger partial charge in [-0.25, -0.2) is 4.39 Å². The number of aromatic nitrogens is 1. The number of thioether (sulfide) groups is 1. The zero-order valence-corrected chi connectivity index (χ0v) is 20.5. The van der Waals surface area contributed by atoms with Crippen LogP contribution in [-0.2, 0) is 14.4 Å². The van der Waals surface area contributed by atoms with Gasteiger partial charge in [0.05, 0.1) is 23.4 Å². The molecule has 37 heavy (non-hydrogen) atoms. The van der Waals surface area contributed by atoms with Gasteiger partial charge in [0.15, 0.2) is 17.2 Å². The van der Waals surface area contributed by atoms with Crippen molar-refractivity contribution in [1.29, 1.82) is 0 Å². The van der Waals surface area contributed by atoms with Crippen LogP contribution in [-0.4, -0.2) is 47.7 Å². The average Bonchev–Trinajstić information content (AvgIpc) is 2.88. The molecule has 0 radical (unpaired) electrons. The first-order valence-electron chi connectivity index (χ1n) is 11.3. The van der Waals surface area contributed by atoms with Crippen LogP contribution in [0, 0.1) is 5.82 Å². The molecule has 1 aromatic heterocycles. The number of ether oxygens (including phenoxy) is 2. The minimum Gasteiger partial charge on any atom is -0.493 e. The maximum absolute atomic E-state index is 14.4. The second-order valence-corrected chi connectivity index (χ2v) is 8.53. The first kappa shape index (κ1) is 27.4. The van der Waals surface area contributed by atoms with Gasteiger partial charge in [0.25, 0.3) is 5.91 Å². The Labute approximate surface area is 216 Å². The fraction of sp³-hybridized carbons (Fsp3) is 0.240. The van der Waals surface area contributed by atoms with Gasteiger partial charge in [0.2, 0.25) is 12.3 Å².